The monoisotopic (exact) mass is 442 g/mol. The molecular weight excluding hydrogens is 423 g/mol. The number of hydrogen-bond acceptors (Lipinski definition) is 4. The Morgan fingerprint density at radius 3 is 2.29 bits per heavy atom. The number of amides is 1. The van der Waals surface area contributed by atoms with Crippen LogP contribution in [0.15, 0.2) is 47.4 Å². The van der Waals surface area contributed by atoms with Gasteiger partial charge in [0.15, 0.2) is 0 Å². The van der Waals surface area contributed by atoms with E-state index >= 15 is 0 Å². The van der Waals surface area contributed by atoms with E-state index in [9.17, 15) is 13.2 Å². The van der Waals surface area contributed by atoms with Crippen LogP contribution in [0.25, 0.3) is 0 Å². The third-order valence-electron chi connectivity index (χ3n) is 4.32. The van der Waals surface area contributed by atoms with Crippen molar-refractivity contribution in [3.05, 3.63) is 58.1 Å². The van der Waals surface area contributed by atoms with Gasteiger partial charge in [-0.3, -0.25) is 4.79 Å². The molecule has 1 saturated heterocycles. The average Bonchev–Trinajstić information content (AvgIpc) is 2.64. The first-order chi connectivity index (χ1) is 13.2. The Bertz CT molecular complexity index is 970. The first-order valence-corrected chi connectivity index (χ1v) is 10.9. The predicted molar refractivity (Wildman–Crippen MR) is 110 cm³/mol. The van der Waals surface area contributed by atoms with Gasteiger partial charge in [0.1, 0.15) is 0 Å². The summed E-state index contributed by atoms with van der Waals surface area (Å²) in [5, 5.41) is 3.46. The summed E-state index contributed by atoms with van der Waals surface area (Å²) in [4.78, 5) is 12.6. The maximum absolute atomic E-state index is 12.9. The van der Waals surface area contributed by atoms with E-state index in [2.05, 4.69) is 5.32 Å². The maximum atomic E-state index is 12.9. The van der Waals surface area contributed by atoms with Crippen molar-refractivity contribution in [2.45, 2.75) is 31.0 Å². The minimum Gasteiger partial charge on any atom is -0.373 e. The van der Waals surface area contributed by atoms with E-state index in [0.717, 1.165) is 0 Å². The van der Waals surface area contributed by atoms with Crippen LogP contribution in [0.3, 0.4) is 0 Å². The molecule has 0 radical (unpaired) electrons. The summed E-state index contributed by atoms with van der Waals surface area (Å²) in [7, 11) is -3.66. The SMILES string of the molecule is C[C@@H]1CN(S(=O)(=O)c2ccc(C(=O)Nc3cc(Cl)ccc3Cl)cc2)C[C@@H](C)O1. The number of carbonyl (C=O) groups is 1. The van der Waals surface area contributed by atoms with Crippen molar-refractivity contribution in [2.75, 3.05) is 18.4 Å². The molecular formula is C19H20Cl2N2O4S. The van der Waals surface area contributed by atoms with Gasteiger partial charge in [-0.05, 0) is 56.3 Å². The lowest BCUT2D eigenvalue weighted by Crippen LogP contribution is -2.48. The summed E-state index contributed by atoms with van der Waals surface area (Å²) >= 11 is 12.0. The van der Waals surface area contributed by atoms with Crippen molar-refractivity contribution in [3.63, 3.8) is 0 Å². The Morgan fingerprint density at radius 2 is 1.68 bits per heavy atom. The zero-order valence-electron chi connectivity index (χ0n) is 15.4. The molecule has 2 aromatic carbocycles. The standard InChI is InChI=1S/C19H20Cl2N2O4S/c1-12-10-23(11-13(2)27-12)28(25,26)16-6-3-14(4-7-16)19(24)22-18-9-15(20)5-8-17(18)21/h3-9,12-13H,10-11H2,1-2H3,(H,22,24)/t12-,13-/m1/s1. The molecule has 0 spiro atoms. The summed E-state index contributed by atoms with van der Waals surface area (Å²) in [5.74, 6) is -0.415. The summed E-state index contributed by atoms with van der Waals surface area (Å²) in [6, 6.07) is 10.5. The van der Waals surface area contributed by atoms with Crippen LogP contribution in [0.4, 0.5) is 5.69 Å². The molecule has 0 unspecified atom stereocenters. The molecule has 1 aliphatic heterocycles. The van der Waals surface area contributed by atoms with Crippen molar-refractivity contribution >= 4 is 44.8 Å². The molecule has 0 bridgehead atoms. The molecule has 1 aliphatic rings. The number of hydrogen-bond donors (Lipinski definition) is 1. The van der Waals surface area contributed by atoms with E-state index in [4.69, 9.17) is 27.9 Å². The highest BCUT2D eigenvalue weighted by molar-refractivity contribution is 7.89. The van der Waals surface area contributed by atoms with Crippen molar-refractivity contribution < 1.29 is 17.9 Å². The number of sulfonamides is 1. The quantitative estimate of drug-likeness (QED) is 0.774. The topological polar surface area (TPSA) is 75.7 Å². The van der Waals surface area contributed by atoms with Gasteiger partial charge in [0, 0.05) is 23.7 Å². The van der Waals surface area contributed by atoms with Crippen molar-refractivity contribution in [1.29, 1.82) is 0 Å². The average molecular weight is 443 g/mol. The lowest BCUT2D eigenvalue weighted by atomic mass is 10.2. The Labute approximate surface area is 174 Å². The second-order valence-corrected chi connectivity index (χ2v) is 9.46. The Balaban J connectivity index is 1.77. The highest BCUT2D eigenvalue weighted by Gasteiger charge is 2.32. The minimum absolute atomic E-state index is 0.131. The fraction of sp³-hybridized carbons (Fsp3) is 0.316. The van der Waals surface area contributed by atoms with Crippen LogP contribution in [0, 0.1) is 0 Å². The highest BCUT2D eigenvalue weighted by Crippen LogP contribution is 2.26. The number of ether oxygens (including phenoxy) is 1. The van der Waals surface area contributed by atoms with Crippen LogP contribution in [-0.4, -0.2) is 43.9 Å². The summed E-state index contributed by atoms with van der Waals surface area (Å²) < 4.78 is 32.7. The number of rotatable bonds is 4. The van der Waals surface area contributed by atoms with Crippen LogP contribution in [0.2, 0.25) is 10.0 Å². The van der Waals surface area contributed by atoms with Gasteiger partial charge in [-0.2, -0.15) is 4.31 Å². The summed E-state index contributed by atoms with van der Waals surface area (Å²) in [5.41, 5.74) is 0.686. The Morgan fingerprint density at radius 1 is 1.07 bits per heavy atom. The number of halogens is 2. The molecule has 1 N–H and O–H groups in total. The van der Waals surface area contributed by atoms with E-state index in [1.54, 1.807) is 18.2 Å². The van der Waals surface area contributed by atoms with E-state index in [1.165, 1.54) is 28.6 Å². The van der Waals surface area contributed by atoms with Crippen molar-refractivity contribution in [3.8, 4) is 0 Å². The molecule has 1 heterocycles. The largest absolute Gasteiger partial charge is 0.373 e. The molecule has 3 rings (SSSR count). The first kappa shape index (κ1) is 21.1. The number of nitrogens with one attached hydrogen (secondary N) is 1. The fourth-order valence-corrected chi connectivity index (χ4v) is 4.97. The second-order valence-electron chi connectivity index (χ2n) is 6.68. The Hall–Kier alpha value is -1.64. The van der Waals surface area contributed by atoms with Gasteiger partial charge in [-0.1, -0.05) is 23.2 Å². The number of morpholine rings is 1. The van der Waals surface area contributed by atoms with E-state index in [0.29, 0.717) is 34.4 Å². The van der Waals surface area contributed by atoms with Crippen LogP contribution >= 0.6 is 23.2 Å². The predicted octanol–water partition coefficient (Wildman–Crippen LogP) is 4.04. The third kappa shape index (κ3) is 4.67. The van der Waals surface area contributed by atoms with Gasteiger partial charge in [-0.25, -0.2) is 8.42 Å². The van der Waals surface area contributed by atoms with Gasteiger partial charge in [-0.15, -0.1) is 0 Å². The van der Waals surface area contributed by atoms with Gasteiger partial charge in [0.05, 0.1) is 27.8 Å². The number of anilines is 1. The van der Waals surface area contributed by atoms with Gasteiger partial charge >= 0.3 is 0 Å². The maximum Gasteiger partial charge on any atom is 0.255 e. The lowest BCUT2D eigenvalue weighted by molar-refractivity contribution is -0.0440. The van der Waals surface area contributed by atoms with Crippen LogP contribution in [0.5, 0.6) is 0 Å². The van der Waals surface area contributed by atoms with Gasteiger partial charge < -0.3 is 10.1 Å². The zero-order chi connectivity index (χ0) is 20.5. The fourth-order valence-electron chi connectivity index (χ4n) is 3.04. The Kier molecular flexibility index (Phi) is 6.31. The summed E-state index contributed by atoms with van der Waals surface area (Å²) in [6.45, 7) is 4.27. The van der Waals surface area contributed by atoms with Crippen LogP contribution < -0.4 is 5.32 Å². The van der Waals surface area contributed by atoms with Crippen molar-refractivity contribution in [1.82, 2.24) is 4.31 Å². The molecule has 2 aromatic rings. The normalized spacial score (nSPS) is 20.7. The number of nitrogens with zero attached hydrogens (tertiary/aromatic N) is 1. The number of benzene rings is 2. The molecule has 28 heavy (non-hydrogen) atoms. The lowest BCUT2D eigenvalue weighted by Gasteiger charge is -2.34. The molecule has 2 atom stereocenters. The van der Waals surface area contributed by atoms with E-state index in [-0.39, 0.29) is 17.1 Å². The van der Waals surface area contributed by atoms with Crippen LogP contribution in [0.1, 0.15) is 24.2 Å². The van der Waals surface area contributed by atoms with Crippen LogP contribution in [-0.2, 0) is 14.8 Å². The van der Waals surface area contributed by atoms with E-state index in [1.807, 2.05) is 13.8 Å². The molecule has 0 aliphatic carbocycles. The minimum atomic E-state index is -3.66. The second kappa shape index (κ2) is 8.39. The van der Waals surface area contributed by atoms with E-state index < -0.39 is 15.9 Å². The first-order valence-electron chi connectivity index (χ1n) is 8.69. The molecule has 6 nitrogen and oxygen atoms in total. The molecule has 0 aromatic heterocycles. The molecule has 150 valence electrons. The van der Waals surface area contributed by atoms with Crippen molar-refractivity contribution in [2.24, 2.45) is 0 Å². The third-order valence-corrected chi connectivity index (χ3v) is 6.73. The molecule has 1 amide bonds. The highest BCUT2D eigenvalue weighted by atomic mass is 35.5. The molecule has 0 saturated carbocycles. The molecule has 1 fully saturated rings. The van der Waals surface area contributed by atoms with Gasteiger partial charge in [0.25, 0.3) is 5.91 Å². The van der Waals surface area contributed by atoms with Gasteiger partial charge in [0.2, 0.25) is 10.0 Å². The zero-order valence-corrected chi connectivity index (χ0v) is 17.7. The molecule has 9 heteroatoms. The number of carbonyl (C=O) groups excluding carboxylic acids is 1. The summed E-state index contributed by atoms with van der Waals surface area (Å²) in [6.07, 6.45) is -0.350. The smallest absolute Gasteiger partial charge is 0.255 e.